The highest BCUT2D eigenvalue weighted by molar-refractivity contribution is 5.93. The molecule has 2 amide bonds. The normalized spacial score (nSPS) is 23.0. The van der Waals surface area contributed by atoms with Crippen molar-refractivity contribution >= 4 is 12.0 Å². The van der Waals surface area contributed by atoms with Crippen molar-refractivity contribution in [2.45, 2.75) is 57.8 Å². The van der Waals surface area contributed by atoms with Gasteiger partial charge in [0.05, 0.1) is 12.6 Å². The lowest BCUT2D eigenvalue weighted by Gasteiger charge is -2.22. The summed E-state index contributed by atoms with van der Waals surface area (Å²) in [5.74, 6) is -0.191. The molecule has 2 heterocycles. The third kappa shape index (κ3) is 5.91. The fourth-order valence-electron chi connectivity index (χ4n) is 3.49. The van der Waals surface area contributed by atoms with Gasteiger partial charge in [-0.25, -0.2) is 9.69 Å². The predicted octanol–water partition coefficient (Wildman–Crippen LogP) is 3.85. The molecule has 6 nitrogen and oxygen atoms in total. The predicted molar refractivity (Wildman–Crippen MR) is 105 cm³/mol. The Balaban J connectivity index is 1.45. The van der Waals surface area contributed by atoms with E-state index in [0.717, 1.165) is 37.0 Å². The summed E-state index contributed by atoms with van der Waals surface area (Å²) in [6, 6.07) is 9.60. The van der Waals surface area contributed by atoms with Gasteiger partial charge >= 0.3 is 6.09 Å². The van der Waals surface area contributed by atoms with E-state index in [4.69, 9.17) is 14.2 Å². The molecule has 0 radical (unpaired) electrons. The molecular weight excluding hydrogens is 358 g/mol. The Morgan fingerprint density at radius 2 is 2.11 bits per heavy atom. The van der Waals surface area contributed by atoms with E-state index in [9.17, 15) is 9.59 Å². The zero-order valence-electron chi connectivity index (χ0n) is 16.5. The summed E-state index contributed by atoms with van der Waals surface area (Å²) in [5.41, 5.74) is 2.15. The molecule has 0 aliphatic carbocycles. The van der Waals surface area contributed by atoms with E-state index in [1.54, 1.807) is 0 Å². The molecule has 0 saturated carbocycles. The Bertz CT molecular complexity index is 681. The van der Waals surface area contributed by atoms with E-state index in [1.165, 1.54) is 4.90 Å². The quantitative estimate of drug-likeness (QED) is 0.634. The highest BCUT2D eigenvalue weighted by Gasteiger charge is 2.37. The minimum atomic E-state index is -0.538. The third-order valence-corrected chi connectivity index (χ3v) is 5.03. The van der Waals surface area contributed by atoms with Crippen molar-refractivity contribution in [3.63, 3.8) is 0 Å². The van der Waals surface area contributed by atoms with Gasteiger partial charge in [0.25, 0.3) is 0 Å². The van der Waals surface area contributed by atoms with Crippen molar-refractivity contribution in [2.75, 3.05) is 19.8 Å². The molecule has 152 valence electrons. The minimum Gasteiger partial charge on any atom is -0.447 e. The van der Waals surface area contributed by atoms with Gasteiger partial charge < -0.3 is 14.2 Å². The molecule has 2 aliphatic heterocycles. The molecule has 0 bridgehead atoms. The average molecular weight is 387 g/mol. The lowest BCUT2D eigenvalue weighted by atomic mass is 10.1. The molecule has 1 unspecified atom stereocenters. The van der Waals surface area contributed by atoms with E-state index in [2.05, 4.69) is 0 Å². The van der Waals surface area contributed by atoms with Gasteiger partial charge in [-0.05, 0) is 44.6 Å². The lowest BCUT2D eigenvalue weighted by Crippen LogP contribution is -2.40. The van der Waals surface area contributed by atoms with Crippen LogP contribution in [-0.4, -0.2) is 49.1 Å². The van der Waals surface area contributed by atoms with Crippen LogP contribution in [0.3, 0.4) is 0 Å². The molecule has 2 fully saturated rings. The van der Waals surface area contributed by atoms with Crippen molar-refractivity contribution < 1.29 is 23.8 Å². The summed E-state index contributed by atoms with van der Waals surface area (Å²) in [5, 5.41) is 0. The number of nitrogens with zero attached hydrogens (tertiary/aromatic N) is 1. The van der Waals surface area contributed by atoms with Gasteiger partial charge in [0.1, 0.15) is 6.61 Å². The zero-order valence-corrected chi connectivity index (χ0v) is 16.5. The molecule has 2 atom stereocenters. The summed E-state index contributed by atoms with van der Waals surface area (Å²) in [6.07, 6.45) is 5.97. The number of benzene rings is 1. The van der Waals surface area contributed by atoms with Gasteiger partial charge in [-0.15, -0.1) is 0 Å². The smallest absolute Gasteiger partial charge is 0.416 e. The maximum Gasteiger partial charge on any atom is 0.416 e. The Kier molecular flexibility index (Phi) is 7.62. The van der Waals surface area contributed by atoms with E-state index in [-0.39, 0.29) is 31.3 Å². The Morgan fingerprint density at radius 3 is 2.86 bits per heavy atom. The lowest BCUT2D eigenvalue weighted by molar-refractivity contribution is -0.156. The van der Waals surface area contributed by atoms with Gasteiger partial charge in [0.15, 0.2) is 6.29 Å². The van der Waals surface area contributed by atoms with Crippen molar-refractivity contribution in [2.24, 2.45) is 0 Å². The summed E-state index contributed by atoms with van der Waals surface area (Å²) >= 11 is 0. The topological polar surface area (TPSA) is 65.1 Å². The van der Waals surface area contributed by atoms with Gasteiger partial charge in [-0.3, -0.25) is 4.79 Å². The number of imide groups is 1. The molecule has 0 aromatic heterocycles. The fourth-order valence-corrected chi connectivity index (χ4v) is 3.49. The van der Waals surface area contributed by atoms with E-state index < -0.39 is 6.09 Å². The number of cyclic esters (lactones) is 1. The molecular formula is C22H29NO5. The first-order chi connectivity index (χ1) is 13.6. The number of amides is 2. The third-order valence-electron chi connectivity index (χ3n) is 5.03. The maximum absolute atomic E-state index is 12.6. The first-order valence-electron chi connectivity index (χ1n) is 10.0. The van der Waals surface area contributed by atoms with Crippen LogP contribution in [0.1, 0.15) is 44.6 Å². The fraction of sp³-hybridized carbons (Fsp3) is 0.545. The van der Waals surface area contributed by atoms with E-state index >= 15 is 0 Å². The highest BCUT2D eigenvalue weighted by atomic mass is 16.7. The maximum atomic E-state index is 12.6. The monoisotopic (exact) mass is 387 g/mol. The van der Waals surface area contributed by atoms with E-state index in [0.29, 0.717) is 19.4 Å². The molecule has 2 saturated heterocycles. The number of carbonyl (C=O) groups is 2. The number of carbonyl (C=O) groups excluding carboxylic acids is 2. The van der Waals surface area contributed by atoms with Crippen LogP contribution < -0.4 is 0 Å². The first-order valence-corrected chi connectivity index (χ1v) is 10.0. The SMILES string of the molecule is C/C(=C/CCC(=O)N1C(=O)OC[C@@H]1Cc1ccccc1)COC1CCCCO1. The van der Waals surface area contributed by atoms with Crippen LogP contribution in [0.15, 0.2) is 42.0 Å². The van der Waals surface area contributed by atoms with Gasteiger partial charge in [0.2, 0.25) is 5.91 Å². The van der Waals surface area contributed by atoms with Crippen molar-refractivity contribution in [1.29, 1.82) is 0 Å². The molecule has 2 aliphatic rings. The van der Waals surface area contributed by atoms with Crippen LogP contribution in [0.4, 0.5) is 4.79 Å². The highest BCUT2D eigenvalue weighted by Crippen LogP contribution is 2.19. The molecule has 6 heteroatoms. The molecule has 1 aromatic carbocycles. The minimum absolute atomic E-state index is 0.114. The molecule has 0 spiro atoms. The summed E-state index contributed by atoms with van der Waals surface area (Å²) in [4.78, 5) is 25.9. The van der Waals surface area contributed by atoms with Gasteiger partial charge in [-0.1, -0.05) is 42.0 Å². The van der Waals surface area contributed by atoms with Crippen molar-refractivity contribution in [1.82, 2.24) is 4.90 Å². The second-order valence-corrected chi connectivity index (χ2v) is 7.38. The summed E-state index contributed by atoms with van der Waals surface area (Å²) in [6.45, 7) is 3.50. The largest absolute Gasteiger partial charge is 0.447 e. The number of hydrogen-bond donors (Lipinski definition) is 0. The molecule has 0 N–H and O–H groups in total. The van der Waals surface area contributed by atoms with Crippen LogP contribution in [0.5, 0.6) is 0 Å². The van der Waals surface area contributed by atoms with Crippen LogP contribution >= 0.6 is 0 Å². The summed E-state index contributed by atoms with van der Waals surface area (Å²) < 4.78 is 16.4. The second kappa shape index (κ2) is 10.4. The van der Waals surface area contributed by atoms with Gasteiger partial charge in [0, 0.05) is 13.0 Å². The first kappa shape index (κ1) is 20.6. The van der Waals surface area contributed by atoms with Crippen LogP contribution in [0.2, 0.25) is 0 Å². The molecule has 28 heavy (non-hydrogen) atoms. The molecule has 1 aromatic rings. The number of ether oxygens (including phenoxy) is 3. The number of allylic oxidation sites excluding steroid dienone is 1. The average Bonchev–Trinajstić information content (AvgIpc) is 3.08. The molecule has 3 rings (SSSR count). The van der Waals surface area contributed by atoms with Crippen molar-refractivity contribution in [3.05, 3.63) is 47.5 Å². The second-order valence-electron chi connectivity index (χ2n) is 7.38. The Morgan fingerprint density at radius 1 is 1.29 bits per heavy atom. The standard InChI is InChI=1S/C22H29NO5/c1-17(15-27-21-12-5-6-13-26-21)8-7-11-20(24)23-19(16-28-22(23)25)14-18-9-3-2-4-10-18/h2-4,8-10,19,21H,5-7,11-16H2,1H3/b17-8-/t19-,21?/m0/s1. The van der Waals surface area contributed by atoms with Gasteiger partial charge in [-0.2, -0.15) is 0 Å². The zero-order chi connectivity index (χ0) is 19.8. The van der Waals surface area contributed by atoms with E-state index in [1.807, 2.05) is 43.3 Å². The Labute approximate surface area is 166 Å². The van der Waals surface area contributed by atoms with Crippen LogP contribution in [0, 0.1) is 0 Å². The Hall–Kier alpha value is -2.18. The number of rotatable bonds is 8. The van der Waals surface area contributed by atoms with Crippen molar-refractivity contribution in [3.8, 4) is 0 Å². The van der Waals surface area contributed by atoms with Crippen LogP contribution in [0.25, 0.3) is 0 Å². The summed E-state index contributed by atoms with van der Waals surface area (Å²) in [7, 11) is 0. The van der Waals surface area contributed by atoms with Crippen LogP contribution in [-0.2, 0) is 25.4 Å². The number of hydrogen-bond acceptors (Lipinski definition) is 5.